The van der Waals surface area contributed by atoms with E-state index in [-0.39, 0.29) is 5.41 Å². The Morgan fingerprint density at radius 2 is 1.50 bits per heavy atom. The Kier molecular flexibility index (Phi) is 6.02. The van der Waals surface area contributed by atoms with Gasteiger partial charge in [-0.3, -0.25) is 14.9 Å². The third-order valence-electron chi connectivity index (χ3n) is 8.19. The third-order valence-corrected chi connectivity index (χ3v) is 8.19. The van der Waals surface area contributed by atoms with Gasteiger partial charge in [0.1, 0.15) is 5.82 Å². The maximum absolute atomic E-state index is 4.99. The number of allylic oxidation sites excluding steroid dienone is 2. The monoisotopic (exact) mass is 543 g/mol. The van der Waals surface area contributed by atoms with Gasteiger partial charge in [-0.2, -0.15) is 0 Å². The van der Waals surface area contributed by atoms with E-state index in [1.54, 1.807) is 0 Å². The zero-order valence-corrected chi connectivity index (χ0v) is 23.6. The number of nitrogens with zero attached hydrogens (tertiary/aromatic N) is 5. The number of aromatic nitrogens is 3. The molecule has 202 valence electrons. The van der Waals surface area contributed by atoms with Crippen LogP contribution in [0.1, 0.15) is 19.4 Å². The molecule has 5 nitrogen and oxygen atoms in total. The van der Waals surface area contributed by atoms with Crippen LogP contribution in [0, 0.1) is 0 Å². The van der Waals surface area contributed by atoms with Gasteiger partial charge < -0.3 is 0 Å². The minimum atomic E-state index is -0.333. The lowest BCUT2D eigenvalue weighted by atomic mass is 9.73. The molecule has 0 atom stereocenters. The maximum atomic E-state index is 4.99. The predicted molar refractivity (Wildman–Crippen MR) is 174 cm³/mol. The second kappa shape index (κ2) is 9.89. The minimum absolute atomic E-state index is 0.333. The quantitative estimate of drug-likeness (QED) is 0.161. The van der Waals surface area contributed by atoms with Crippen LogP contribution in [-0.4, -0.2) is 21.7 Å². The molecule has 0 bridgehead atoms. The molecule has 6 aromatic rings. The molecule has 3 aromatic heterocycles. The molecule has 4 heterocycles. The summed E-state index contributed by atoms with van der Waals surface area (Å²) in [6.45, 7) is 12.5. The molecule has 42 heavy (non-hydrogen) atoms. The Morgan fingerprint density at radius 1 is 0.762 bits per heavy atom. The largest absolute Gasteiger partial charge is 0.295 e. The van der Waals surface area contributed by atoms with E-state index in [9.17, 15) is 0 Å². The highest BCUT2D eigenvalue weighted by atomic mass is 15.2. The number of pyridine rings is 3. The van der Waals surface area contributed by atoms with Gasteiger partial charge in [-0.1, -0.05) is 75.0 Å². The van der Waals surface area contributed by atoms with Crippen molar-refractivity contribution in [1.82, 2.24) is 15.0 Å². The van der Waals surface area contributed by atoms with Crippen LogP contribution in [0.15, 0.2) is 138 Å². The topological polar surface area (TPSA) is 54.3 Å². The van der Waals surface area contributed by atoms with E-state index in [1.807, 2.05) is 48.8 Å². The Balaban J connectivity index is 1.30. The van der Waals surface area contributed by atoms with Gasteiger partial charge >= 0.3 is 0 Å². The summed E-state index contributed by atoms with van der Waals surface area (Å²) >= 11 is 0. The fourth-order valence-electron chi connectivity index (χ4n) is 5.99. The molecular formula is C37H29N5. The Labute approximate surface area is 245 Å². The molecule has 0 amide bonds. The number of hydrogen-bond acceptors (Lipinski definition) is 5. The van der Waals surface area contributed by atoms with Gasteiger partial charge in [-0.05, 0) is 60.8 Å². The van der Waals surface area contributed by atoms with Crippen LogP contribution in [0.25, 0.3) is 44.3 Å². The van der Waals surface area contributed by atoms with E-state index in [1.165, 1.54) is 5.56 Å². The average molecular weight is 544 g/mol. The summed E-state index contributed by atoms with van der Waals surface area (Å²) in [4.78, 5) is 21.1. The van der Waals surface area contributed by atoms with Gasteiger partial charge in [0.25, 0.3) is 0 Å². The molecule has 0 fully saturated rings. The van der Waals surface area contributed by atoms with Crippen LogP contribution in [0.4, 0.5) is 11.4 Å². The van der Waals surface area contributed by atoms with Crippen molar-refractivity contribution in [3.05, 3.63) is 139 Å². The van der Waals surface area contributed by atoms with Crippen molar-refractivity contribution in [3.8, 4) is 22.5 Å². The standard InChI is InChI=1S/C37H29N5/c1-5-29-36(38-4)42(28-11-7-6-8-12-28)33-20-17-26(22-30(33)37(29,2)3)31-18-16-27(23-40-31)32-19-15-25-14-13-24-10-9-21-39-34(24)35(25)41-32/h5-23H,1,4H2,2-3H3. The van der Waals surface area contributed by atoms with Crippen LogP contribution in [0.5, 0.6) is 0 Å². The van der Waals surface area contributed by atoms with Crippen LogP contribution in [-0.2, 0) is 5.41 Å². The molecule has 7 rings (SSSR count). The van der Waals surface area contributed by atoms with Gasteiger partial charge in [0.15, 0.2) is 0 Å². The Morgan fingerprint density at radius 3 is 2.24 bits per heavy atom. The highest BCUT2D eigenvalue weighted by Gasteiger charge is 2.38. The highest BCUT2D eigenvalue weighted by Crippen LogP contribution is 2.49. The zero-order valence-electron chi connectivity index (χ0n) is 23.6. The van der Waals surface area contributed by atoms with Gasteiger partial charge in [0, 0.05) is 51.0 Å². The van der Waals surface area contributed by atoms with E-state index in [0.29, 0.717) is 0 Å². The summed E-state index contributed by atoms with van der Waals surface area (Å²) in [6, 6.07) is 33.3. The molecule has 0 saturated heterocycles. The Bertz CT molecular complexity index is 2040. The number of benzene rings is 3. The van der Waals surface area contributed by atoms with E-state index in [4.69, 9.17) is 9.97 Å². The molecule has 0 aliphatic carbocycles. The molecule has 0 radical (unpaired) electrons. The van der Waals surface area contributed by atoms with Crippen molar-refractivity contribution in [2.75, 3.05) is 4.90 Å². The first-order valence-electron chi connectivity index (χ1n) is 13.9. The summed E-state index contributed by atoms with van der Waals surface area (Å²) < 4.78 is 0. The summed E-state index contributed by atoms with van der Waals surface area (Å²) in [7, 11) is 0. The van der Waals surface area contributed by atoms with Gasteiger partial charge in [-0.25, -0.2) is 9.98 Å². The van der Waals surface area contributed by atoms with Gasteiger partial charge in [-0.15, -0.1) is 0 Å². The minimum Gasteiger partial charge on any atom is -0.295 e. The smallest absolute Gasteiger partial charge is 0.140 e. The molecule has 5 heteroatoms. The van der Waals surface area contributed by atoms with Crippen LogP contribution < -0.4 is 4.90 Å². The number of fused-ring (bicyclic) bond motifs is 4. The van der Waals surface area contributed by atoms with E-state index < -0.39 is 0 Å². The van der Waals surface area contributed by atoms with Gasteiger partial charge in [0.2, 0.25) is 0 Å². The number of rotatable bonds is 5. The normalized spacial score (nSPS) is 14.2. The molecule has 1 aliphatic heterocycles. The molecular weight excluding hydrogens is 514 g/mol. The third kappa shape index (κ3) is 4.01. The van der Waals surface area contributed by atoms with Crippen molar-refractivity contribution in [1.29, 1.82) is 0 Å². The Hall–Kier alpha value is -5.42. The molecule has 3 aromatic carbocycles. The summed E-state index contributed by atoms with van der Waals surface area (Å²) in [6.07, 6.45) is 5.61. The number of anilines is 2. The molecule has 1 aliphatic rings. The van der Waals surface area contributed by atoms with E-state index in [0.717, 1.165) is 67.1 Å². The first-order valence-corrected chi connectivity index (χ1v) is 13.9. The molecule has 0 N–H and O–H groups in total. The number of hydrogen-bond donors (Lipinski definition) is 0. The lowest BCUT2D eigenvalue weighted by molar-refractivity contribution is 0.616. The first-order chi connectivity index (χ1) is 20.5. The zero-order chi connectivity index (χ0) is 28.8. The molecule has 0 saturated carbocycles. The van der Waals surface area contributed by atoms with Gasteiger partial charge in [0.05, 0.1) is 28.1 Å². The first kappa shape index (κ1) is 25.5. The number of para-hydroxylation sites is 1. The predicted octanol–water partition coefficient (Wildman–Crippen LogP) is 9.04. The van der Waals surface area contributed by atoms with E-state index >= 15 is 0 Å². The number of aliphatic imine (C=N–C) groups is 1. The molecule has 0 spiro atoms. The van der Waals surface area contributed by atoms with Crippen LogP contribution >= 0.6 is 0 Å². The summed E-state index contributed by atoms with van der Waals surface area (Å²) in [5.74, 6) is 0.801. The summed E-state index contributed by atoms with van der Waals surface area (Å²) in [5, 5.41) is 2.15. The van der Waals surface area contributed by atoms with Crippen LogP contribution in [0.2, 0.25) is 0 Å². The van der Waals surface area contributed by atoms with E-state index in [2.05, 4.69) is 109 Å². The fraction of sp³-hybridized carbons (Fsp3) is 0.0811. The van der Waals surface area contributed by atoms with Crippen LogP contribution in [0.3, 0.4) is 0 Å². The lowest BCUT2D eigenvalue weighted by Gasteiger charge is -2.41. The molecule has 0 unspecified atom stereocenters. The lowest BCUT2D eigenvalue weighted by Crippen LogP contribution is -2.33. The van der Waals surface area contributed by atoms with Crippen molar-refractivity contribution < 1.29 is 0 Å². The van der Waals surface area contributed by atoms with Crippen molar-refractivity contribution in [3.63, 3.8) is 0 Å². The maximum Gasteiger partial charge on any atom is 0.140 e. The van der Waals surface area contributed by atoms with Crippen molar-refractivity contribution in [2.24, 2.45) is 4.99 Å². The highest BCUT2D eigenvalue weighted by molar-refractivity contribution is 6.03. The SMILES string of the molecule is C=CC1=C(N=C)N(c2ccccc2)c2ccc(-c3ccc(-c4ccc5ccc6cccnc6c5n4)cn3)cc2C1(C)C. The van der Waals surface area contributed by atoms with Crippen molar-refractivity contribution in [2.45, 2.75) is 19.3 Å². The fourth-order valence-corrected chi connectivity index (χ4v) is 5.99. The van der Waals surface area contributed by atoms with Crippen molar-refractivity contribution >= 4 is 39.9 Å². The average Bonchev–Trinajstić information content (AvgIpc) is 3.04. The summed E-state index contributed by atoms with van der Waals surface area (Å²) in [5.41, 5.74) is 9.54. The second-order valence-electron chi connectivity index (χ2n) is 11.0. The second-order valence-corrected chi connectivity index (χ2v) is 11.0.